The van der Waals surface area contributed by atoms with Crippen molar-refractivity contribution in [1.82, 2.24) is 0 Å². The molecule has 0 aliphatic carbocycles. The maximum atomic E-state index is 11.5. The number of amides is 1. The van der Waals surface area contributed by atoms with Gasteiger partial charge in [0, 0.05) is 16.0 Å². The standard InChI is InChI=1S/C9H6N4O5.C6H5Cl/c1-18-9(15)5-3-2-4-6(13(16)17)7(5)8(14)11-12-10;7-6-4-2-1-3-5-6/h2-4H,1H3;1-5H. The Balaban J connectivity index is 0.000000370. The molecule has 0 atom stereocenters. The zero-order valence-corrected chi connectivity index (χ0v) is 13.6. The van der Waals surface area contributed by atoms with Crippen LogP contribution in [0, 0.1) is 10.1 Å². The second-order valence-corrected chi connectivity index (χ2v) is 4.67. The predicted octanol–water partition coefficient (Wildman–Crippen LogP) is 4.17. The average Bonchev–Trinajstić information content (AvgIpc) is 2.61. The van der Waals surface area contributed by atoms with Crippen LogP contribution in [0.1, 0.15) is 20.7 Å². The molecule has 2 aromatic carbocycles. The number of rotatable bonds is 3. The van der Waals surface area contributed by atoms with Gasteiger partial charge in [-0.05, 0) is 28.8 Å². The number of azide groups is 1. The molecule has 1 amide bonds. The number of nitro groups is 1. The molecule has 2 aromatic rings. The fourth-order valence-corrected chi connectivity index (χ4v) is 1.85. The molecule has 0 N–H and O–H groups in total. The summed E-state index contributed by atoms with van der Waals surface area (Å²) in [5.74, 6) is -2.15. The van der Waals surface area contributed by atoms with Crippen LogP contribution < -0.4 is 0 Å². The minimum atomic E-state index is -1.22. The lowest BCUT2D eigenvalue weighted by atomic mass is 10.0. The van der Waals surface area contributed by atoms with Gasteiger partial charge >= 0.3 is 5.97 Å². The number of halogens is 1. The molecule has 0 aliphatic rings. The molecule has 0 fully saturated rings. The van der Waals surface area contributed by atoms with Crippen LogP contribution in [0.15, 0.2) is 53.6 Å². The molecular formula is C15H11ClN4O5. The van der Waals surface area contributed by atoms with E-state index in [0.29, 0.717) is 0 Å². The van der Waals surface area contributed by atoms with Crippen molar-refractivity contribution in [3.63, 3.8) is 0 Å². The van der Waals surface area contributed by atoms with Gasteiger partial charge in [0.15, 0.2) is 0 Å². The van der Waals surface area contributed by atoms with Crippen LogP contribution in [-0.4, -0.2) is 23.9 Å². The molecule has 0 radical (unpaired) electrons. The smallest absolute Gasteiger partial charge is 0.338 e. The molecule has 0 saturated heterocycles. The Morgan fingerprint density at radius 1 is 1.20 bits per heavy atom. The summed E-state index contributed by atoms with van der Waals surface area (Å²) < 4.78 is 4.39. The third-order valence-corrected chi connectivity index (χ3v) is 2.98. The highest BCUT2D eigenvalue weighted by Crippen LogP contribution is 2.24. The zero-order valence-electron chi connectivity index (χ0n) is 12.8. The number of esters is 1. The number of hydrogen-bond donors (Lipinski definition) is 0. The Morgan fingerprint density at radius 3 is 2.28 bits per heavy atom. The summed E-state index contributed by atoms with van der Waals surface area (Å²) in [6, 6.07) is 12.8. The van der Waals surface area contributed by atoms with Crippen LogP contribution in [0.5, 0.6) is 0 Å². The van der Waals surface area contributed by atoms with Gasteiger partial charge in [-0.3, -0.25) is 14.9 Å². The first kappa shape index (κ1) is 19.6. The molecule has 0 heterocycles. The van der Waals surface area contributed by atoms with E-state index in [4.69, 9.17) is 17.1 Å². The number of benzene rings is 2. The van der Waals surface area contributed by atoms with Crippen LogP contribution in [0.3, 0.4) is 0 Å². The van der Waals surface area contributed by atoms with E-state index in [-0.39, 0.29) is 5.56 Å². The average molecular weight is 363 g/mol. The van der Waals surface area contributed by atoms with Crippen LogP contribution in [0.25, 0.3) is 10.4 Å². The fourth-order valence-electron chi connectivity index (χ4n) is 1.70. The zero-order chi connectivity index (χ0) is 18.8. The maximum absolute atomic E-state index is 11.5. The summed E-state index contributed by atoms with van der Waals surface area (Å²) in [6.45, 7) is 0. The Labute approximate surface area is 146 Å². The second-order valence-electron chi connectivity index (χ2n) is 4.24. The van der Waals surface area contributed by atoms with E-state index in [9.17, 15) is 19.7 Å². The SMILES string of the molecule is COC(=O)c1cccc([N+](=O)[O-])c1C(=O)N=[N+]=[N-].Clc1ccccc1. The predicted molar refractivity (Wildman–Crippen MR) is 89.4 cm³/mol. The molecule has 0 aromatic heterocycles. The normalized spacial score (nSPS) is 9.04. The van der Waals surface area contributed by atoms with E-state index in [1.54, 1.807) is 0 Å². The van der Waals surface area contributed by atoms with E-state index in [1.807, 2.05) is 30.3 Å². The molecule has 10 heteroatoms. The lowest BCUT2D eigenvalue weighted by Gasteiger charge is -2.04. The Hall–Kier alpha value is -3.42. The number of nitro benzene ring substituents is 1. The number of nitrogens with zero attached hydrogens (tertiary/aromatic N) is 4. The van der Waals surface area contributed by atoms with Crippen LogP contribution in [-0.2, 0) is 4.74 Å². The van der Waals surface area contributed by atoms with Crippen molar-refractivity contribution in [2.75, 3.05) is 7.11 Å². The van der Waals surface area contributed by atoms with Crippen molar-refractivity contribution in [3.05, 3.63) is 85.2 Å². The summed E-state index contributed by atoms with van der Waals surface area (Å²) in [5.41, 5.74) is 6.62. The van der Waals surface area contributed by atoms with Gasteiger partial charge in [-0.25, -0.2) is 4.79 Å². The van der Waals surface area contributed by atoms with E-state index in [2.05, 4.69) is 14.8 Å². The lowest BCUT2D eigenvalue weighted by molar-refractivity contribution is -0.385. The maximum Gasteiger partial charge on any atom is 0.338 e. The highest BCUT2D eigenvalue weighted by Gasteiger charge is 2.26. The van der Waals surface area contributed by atoms with Crippen molar-refractivity contribution in [3.8, 4) is 0 Å². The molecule has 0 bridgehead atoms. The van der Waals surface area contributed by atoms with Crippen LogP contribution >= 0.6 is 11.6 Å². The van der Waals surface area contributed by atoms with E-state index in [0.717, 1.165) is 18.2 Å². The largest absolute Gasteiger partial charge is 0.465 e. The van der Waals surface area contributed by atoms with Gasteiger partial charge in [0.05, 0.1) is 17.6 Å². The van der Waals surface area contributed by atoms with Gasteiger partial charge in [0.1, 0.15) is 5.56 Å². The van der Waals surface area contributed by atoms with Crippen molar-refractivity contribution in [2.24, 2.45) is 5.11 Å². The fraction of sp³-hybridized carbons (Fsp3) is 0.0667. The quantitative estimate of drug-likeness (QED) is 0.201. The molecule has 0 spiro atoms. The Morgan fingerprint density at radius 2 is 1.84 bits per heavy atom. The summed E-state index contributed by atoms with van der Waals surface area (Å²) in [6.07, 6.45) is 0. The van der Waals surface area contributed by atoms with E-state index in [1.165, 1.54) is 12.1 Å². The van der Waals surface area contributed by atoms with Gasteiger partial charge in [-0.15, -0.1) is 0 Å². The number of ether oxygens (including phenoxy) is 1. The van der Waals surface area contributed by atoms with E-state index < -0.39 is 28.1 Å². The molecule has 0 saturated carbocycles. The monoisotopic (exact) mass is 362 g/mol. The molecular weight excluding hydrogens is 352 g/mol. The van der Waals surface area contributed by atoms with Crippen LogP contribution in [0.4, 0.5) is 5.69 Å². The highest BCUT2D eigenvalue weighted by molar-refractivity contribution is 6.30. The first-order chi connectivity index (χ1) is 11.9. The molecule has 0 aliphatic heterocycles. The highest BCUT2D eigenvalue weighted by atomic mass is 35.5. The van der Waals surface area contributed by atoms with Gasteiger partial charge in [-0.1, -0.05) is 35.9 Å². The number of methoxy groups -OCH3 is 1. The Kier molecular flexibility index (Phi) is 7.58. The minimum Gasteiger partial charge on any atom is -0.465 e. The third-order valence-electron chi connectivity index (χ3n) is 2.73. The van der Waals surface area contributed by atoms with Crippen molar-refractivity contribution in [1.29, 1.82) is 0 Å². The summed E-state index contributed by atoms with van der Waals surface area (Å²) in [4.78, 5) is 35.0. The summed E-state index contributed by atoms with van der Waals surface area (Å²) in [7, 11) is 1.06. The number of carbonyl (C=O) groups excluding carboxylic acids is 2. The molecule has 128 valence electrons. The van der Waals surface area contributed by atoms with Crippen molar-refractivity contribution in [2.45, 2.75) is 0 Å². The number of hydrogen-bond acceptors (Lipinski definition) is 5. The van der Waals surface area contributed by atoms with Crippen molar-refractivity contribution < 1.29 is 19.2 Å². The summed E-state index contributed by atoms with van der Waals surface area (Å²) in [5, 5.41) is 14.3. The molecule has 25 heavy (non-hydrogen) atoms. The first-order valence-electron chi connectivity index (χ1n) is 6.58. The summed E-state index contributed by atoms with van der Waals surface area (Å²) >= 11 is 5.54. The second kappa shape index (κ2) is 9.66. The number of carbonyl (C=O) groups is 2. The minimum absolute atomic E-state index is 0.330. The third kappa shape index (κ3) is 5.61. The van der Waals surface area contributed by atoms with Gasteiger partial charge in [0.25, 0.3) is 11.6 Å². The van der Waals surface area contributed by atoms with Crippen molar-refractivity contribution >= 4 is 29.2 Å². The van der Waals surface area contributed by atoms with Crippen LogP contribution in [0.2, 0.25) is 5.02 Å². The molecule has 2 rings (SSSR count). The topological polar surface area (TPSA) is 135 Å². The first-order valence-corrected chi connectivity index (χ1v) is 6.95. The van der Waals surface area contributed by atoms with Gasteiger partial charge < -0.3 is 4.74 Å². The lowest BCUT2D eigenvalue weighted by Crippen LogP contribution is -2.11. The van der Waals surface area contributed by atoms with Gasteiger partial charge in [0.2, 0.25) is 0 Å². The van der Waals surface area contributed by atoms with E-state index >= 15 is 0 Å². The van der Waals surface area contributed by atoms with Gasteiger partial charge in [-0.2, -0.15) is 0 Å². The molecule has 9 nitrogen and oxygen atoms in total. The Bertz CT molecular complexity index is 835. The molecule has 0 unspecified atom stereocenters.